The molecule has 1 aliphatic rings. The molecule has 3 aromatic rings. The lowest BCUT2D eigenvalue weighted by atomic mass is 10.0. The van der Waals surface area contributed by atoms with Gasteiger partial charge in [0.1, 0.15) is 11.6 Å². The Kier molecular flexibility index (Phi) is 5.01. The predicted octanol–water partition coefficient (Wildman–Crippen LogP) is 4.66. The highest BCUT2D eigenvalue weighted by atomic mass is 19.1. The molecule has 0 fully saturated rings. The van der Waals surface area contributed by atoms with Crippen LogP contribution in [0.1, 0.15) is 23.2 Å². The van der Waals surface area contributed by atoms with Gasteiger partial charge >= 0.3 is 0 Å². The van der Waals surface area contributed by atoms with Crippen LogP contribution < -0.4 is 10.2 Å². The molecule has 0 aliphatic carbocycles. The van der Waals surface area contributed by atoms with E-state index < -0.39 is 0 Å². The van der Waals surface area contributed by atoms with Crippen LogP contribution >= 0.6 is 0 Å². The average Bonchev–Trinajstić information content (AvgIpc) is 2.68. The van der Waals surface area contributed by atoms with Gasteiger partial charge in [0, 0.05) is 30.5 Å². The number of para-hydroxylation sites is 1. The summed E-state index contributed by atoms with van der Waals surface area (Å²) >= 11 is 0. The van der Waals surface area contributed by atoms with Crippen molar-refractivity contribution in [2.24, 2.45) is 0 Å². The molecule has 27 heavy (non-hydrogen) atoms. The molecular weight excluding hydrogens is 339 g/mol. The van der Waals surface area contributed by atoms with Gasteiger partial charge in [-0.3, -0.25) is 0 Å². The molecule has 1 aliphatic heterocycles. The van der Waals surface area contributed by atoms with Crippen LogP contribution in [0.4, 0.5) is 21.8 Å². The number of nitrogens with zero attached hydrogens (tertiary/aromatic N) is 3. The first kappa shape index (κ1) is 17.5. The average molecular weight is 362 g/mol. The molecule has 0 atom stereocenters. The molecule has 2 heterocycles. The van der Waals surface area contributed by atoms with Crippen LogP contribution in [0.15, 0.2) is 54.6 Å². The molecule has 0 saturated heterocycles. The Morgan fingerprint density at radius 3 is 2.78 bits per heavy atom. The molecular formula is C22H23FN4. The Hall–Kier alpha value is -2.95. The fourth-order valence-corrected chi connectivity index (χ4v) is 3.55. The van der Waals surface area contributed by atoms with Crippen molar-refractivity contribution in [2.45, 2.75) is 26.2 Å². The van der Waals surface area contributed by atoms with Gasteiger partial charge in [-0.1, -0.05) is 36.4 Å². The summed E-state index contributed by atoms with van der Waals surface area (Å²) < 4.78 is 13.8. The molecule has 0 unspecified atom stereocenters. The summed E-state index contributed by atoms with van der Waals surface area (Å²) in [4.78, 5) is 11.5. The molecule has 0 radical (unpaired) electrons. The van der Waals surface area contributed by atoms with Gasteiger partial charge < -0.3 is 10.2 Å². The Labute approximate surface area is 159 Å². The van der Waals surface area contributed by atoms with E-state index >= 15 is 0 Å². The maximum Gasteiger partial charge on any atom is 0.224 e. The van der Waals surface area contributed by atoms with E-state index in [9.17, 15) is 4.39 Å². The first-order chi connectivity index (χ1) is 13.2. The molecule has 0 saturated carbocycles. The smallest absolute Gasteiger partial charge is 0.224 e. The number of fused-ring (bicyclic) bond motifs is 1. The Bertz CT molecular complexity index is 941. The summed E-state index contributed by atoms with van der Waals surface area (Å²) in [5, 5.41) is 3.25. The molecule has 1 N–H and O–H groups in total. The molecule has 5 heteroatoms. The monoisotopic (exact) mass is 362 g/mol. The van der Waals surface area contributed by atoms with Crippen molar-refractivity contribution in [3.05, 3.63) is 77.2 Å². The highest BCUT2D eigenvalue weighted by molar-refractivity contribution is 5.66. The third kappa shape index (κ3) is 3.92. The first-order valence-corrected chi connectivity index (χ1v) is 9.39. The second-order valence-corrected chi connectivity index (χ2v) is 6.84. The summed E-state index contributed by atoms with van der Waals surface area (Å²) in [5.41, 5.74) is 4.19. The van der Waals surface area contributed by atoms with Crippen molar-refractivity contribution >= 4 is 17.5 Å². The van der Waals surface area contributed by atoms with Gasteiger partial charge in [0.25, 0.3) is 0 Å². The third-order valence-electron chi connectivity index (χ3n) is 4.86. The molecule has 0 bridgehead atoms. The zero-order chi connectivity index (χ0) is 18.6. The lowest BCUT2D eigenvalue weighted by Gasteiger charge is -2.30. The molecule has 4 rings (SSSR count). The van der Waals surface area contributed by atoms with E-state index in [4.69, 9.17) is 4.98 Å². The Balaban J connectivity index is 1.52. The summed E-state index contributed by atoms with van der Waals surface area (Å²) in [6.07, 6.45) is 2.80. The number of anilines is 3. The number of nitrogens with one attached hydrogen (secondary N) is 1. The van der Waals surface area contributed by atoms with E-state index in [1.54, 1.807) is 6.07 Å². The summed E-state index contributed by atoms with van der Waals surface area (Å²) in [6, 6.07) is 17.4. The number of halogens is 1. The lowest BCUT2D eigenvalue weighted by molar-refractivity contribution is 0.610. The van der Waals surface area contributed by atoms with Gasteiger partial charge in [0.2, 0.25) is 5.95 Å². The zero-order valence-electron chi connectivity index (χ0n) is 15.5. The van der Waals surface area contributed by atoms with E-state index in [1.807, 2.05) is 25.1 Å². The van der Waals surface area contributed by atoms with Gasteiger partial charge in [-0.2, -0.15) is 4.98 Å². The standard InChI is InChI=1S/C22H23FN4/c1-16-15-21(27-14-6-9-18-8-3-5-11-20(18)27)26-22(25-16)24-13-12-17-7-2-4-10-19(17)23/h2-5,7-8,10-11,15H,6,9,12-14H2,1H3,(H,24,25,26). The van der Waals surface area contributed by atoms with Crippen LogP contribution in [0.25, 0.3) is 0 Å². The number of rotatable bonds is 5. The van der Waals surface area contributed by atoms with Crippen LogP contribution in [-0.4, -0.2) is 23.1 Å². The lowest BCUT2D eigenvalue weighted by Crippen LogP contribution is -2.26. The minimum Gasteiger partial charge on any atom is -0.354 e. The maximum atomic E-state index is 13.8. The van der Waals surface area contributed by atoms with Crippen molar-refractivity contribution in [3.8, 4) is 0 Å². The summed E-state index contributed by atoms with van der Waals surface area (Å²) in [6.45, 7) is 3.51. The van der Waals surface area contributed by atoms with E-state index in [0.29, 0.717) is 24.5 Å². The zero-order valence-corrected chi connectivity index (χ0v) is 15.5. The van der Waals surface area contributed by atoms with Crippen LogP contribution in [0.2, 0.25) is 0 Å². The van der Waals surface area contributed by atoms with Gasteiger partial charge in [0.15, 0.2) is 0 Å². The fourth-order valence-electron chi connectivity index (χ4n) is 3.55. The van der Waals surface area contributed by atoms with E-state index in [1.165, 1.54) is 17.3 Å². The van der Waals surface area contributed by atoms with Gasteiger partial charge in [0.05, 0.1) is 0 Å². The van der Waals surface area contributed by atoms with Gasteiger partial charge in [-0.15, -0.1) is 0 Å². The van der Waals surface area contributed by atoms with Crippen molar-refractivity contribution in [2.75, 3.05) is 23.3 Å². The quantitative estimate of drug-likeness (QED) is 0.716. The first-order valence-electron chi connectivity index (χ1n) is 9.39. The number of benzene rings is 2. The van der Waals surface area contributed by atoms with Crippen LogP contribution in [0.5, 0.6) is 0 Å². The van der Waals surface area contributed by atoms with Gasteiger partial charge in [-0.05, 0) is 49.4 Å². The Morgan fingerprint density at radius 2 is 1.89 bits per heavy atom. The SMILES string of the molecule is Cc1cc(N2CCCc3ccccc32)nc(NCCc2ccccc2F)n1. The second kappa shape index (κ2) is 7.74. The largest absolute Gasteiger partial charge is 0.354 e. The molecule has 0 spiro atoms. The summed E-state index contributed by atoms with van der Waals surface area (Å²) in [7, 11) is 0. The Morgan fingerprint density at radius 1 is 1.07 bits per heavy atom. The highest BCUT2D eigenvalue weighted by Gasteiger charge is 2.19. The normalized spacial score (nSPS) is 13.3. The number of aryl methyl sites for hydroxylation is 2. The van der Waals surface area contributed by atoms with Crippen molar-refractivity contribution < 1.29 is 4.39 Å². The molecule has 0 amide bonds. The van der Waals surface area contributed by atoms with Crippen molar-refractivity contribution in [1.82, 2.24) is 9.97 Å². The van der Waals surface area contributed by atoms with E-state index in [0.717, 1.165) is 30.9 Å². The van der Waals surface area contributed by atoms with Crippen LogP contribution in [-0.2, 0) is 12.8 Å². The molecule has 4 nitrogen and oxygen atoms in total. The molecule has 2 aromatic carbocycles. The van der Waals surface area contributed by atoms with Crippen molar-refractivity contribution in [3.63, 3.8) is 0 Å². The minimum absolute atomic E-state index is 0.171. The molecule has 1 aromatic heterocycles. The topological polar surface area (TPSA) is 41.1 Å². The fraction of sp³-hybridized carbons (Fsp3) is 0.273. The maximum absolute atomic E-state index is 13.8. The van der Waals surface area contributed by atoms with E-state index in [2.05, 4.69) is 39.5 Å². The number of hydrogen-bond acceptors (Lipinski definition) is 4. The second-order valence-electron chi connectivity index (χ2n) is 6.84. The minimum atomic E-state index is -0.171. The molecule has 138 valence electrons. The number of aromatic nitrogens is 2. The van der Waals surface area contributed by atoms with E-state index in [-0.39, 0.29) is 5.82 Å². The predicted molar refractivity (Wildman–Crippen MR) is 107 cm³/mol. The highest BCUT2D eigenvalue weighted by Crippen LogP contribution is 2.32. The van der Waals surface area contributed by atoms with Crippen LogP contribution in [0, 0.1) is 12.7 Å². The van der Waals surface area contributed by atoms with Crippen LogP contribution in [0.3, 0.4) is 0 Å². The third-order valence-corrected chi connectivity index (χ3v) is 4.86. The summed E-state index contributed by atoms with van der Waals surface area (Å²) in [5.74, 6) is 1.32. The van der Waals surface area contributed by atoms with Gasteiger partial charge in [-0.25, -0.2) is 9.37 Å². The number of hydrogen-bond donors (Lipinski definition) is 1. The van der Waals surface area contributed by atoms with Crippen molar-refractivity contribution in [1.29, 1.82) is 0 Å².